The van der Waals surface area contributed by atoms with Gasteiger partial charge in [0.25, 0.3) is 0 Å². The highest BCUT2D eigenvalue weighted by Gasteiger charge is 2.20. The molecule has 0 unspecified atom stereocenters. The first-order valence-electron chi connectivity index (χ1n) is 6.64. The fourth-order valence-corrected chi connectivity index (χ4v) is 2.29. The van der Waals surface area contributed by atoms with E-state index in [1.165, 1.54) is 19.3 Å². The molecule has 0 aromatic heterocycles. The minimum Gasteiger partial charge on any atom is -0.352 e. The maximum absolute atomic E-state index is 11.6. The van der Waals surface area contributed by atoms with E-state index in [1.807, 2.05) is 0 Å². The van der Waals surface area contributed by atoms with Crippen LogP contribution in [-0.4, -0.2) is 24.5 Å². The van der Waals surface area contributed by atoms with E-state index in [9.17, 15) is 4.79 Å². The fourth-order valence-electron chi connectivity index (χ4n) is 2.29. The van der Waals surface area contributed by atoms with Crippen LogP contribution in [0.25, 0.3) is 0 Å². The van der Waals surface area contributed by atoms with Gasteiger partial charge in [0.2, 0.25) is 5.91 Å². The highest BCUT2D eigenvalue weighted by molar-refractivity contribution is 5.78. The highest BCUT2D eigenvalue weighted by Crippen LogP contribution is 2.26. The second kappa shape index (κ2) is 6.89. The second-order valence-corrected chi connectivity index (χ2v) is 5.23. The van der Waals surface area contributed by atoms with Gasteiger partial charge in [0, 0.05) is 12.1 Å². The van der Waals surface area contributed by atoms with Crippen LogP contribution in [0.4, 0.5) is 0 Å². The average molecular weight is 226 g/mol. The summed E-state index contributed by atoms with van der Waals surface area (Å²) >= 11 is 0. The van der Waals surface area contributed by atoms with Crippen molar-refractivity contribution in [2.45, 2.75) is 65.0 Å². The van der Waals surface area contributed by atoms with E-state index in [1.54, 1.807) is 0 Å². The molecule has 3 heteroatoms. The van der Waals surface area contributed by atoms with Gasteiger partial charge in [-0.05, 0) is 31.6 Å². The van der Waals surface area contributed by atoms with Gasteiger partial charge in [0.1, 0.15) is 0 Å². The summed E-state index contributed by atoms with van der Waals surface area (Å²) in [5.74, 6) is 1.04. The Bertz CT molecular complexity index is 208. The lowest BCUT2D eigenvalue weighted by molar-refractivity contribution is -0.121. The van der Waals surface area contributed by atoms with Crippen LogP contribution in [0, 0.1) is 5.92 Å². The Hall–Kier alpha value is -0.570. The van der Waals surface area contributed by atoms with Gasteiger partial charge >= 0.3 is 0 Å². The van der Waals surface area contributed by atoms with Crippen molar-refractivity contribution < 1.29 is 4.79 Å². The van der Waals surface area contributed by atoms with E-state index in [4.69, 9.17) is 0 Å². The number of amides is 1. The van der Waals surface area contributed by atoms with Gasteiger partial charge in [0.15, 0.2) is 0 Å². The first-order valence-corrected chi connectivity index (χ1v) is 6.64. The zero-order chi connectivity index (χ0) is 12.0. The Kier molecular flexibility index (Phi) is 5.81. The molecule has 0 radical (unpaired) electrons. The predicted molar refractivity (Wildman–Crippen MR) is 67.3 cm³/mol. The highest BCUT2D eigenvalue weighted by atomic mass is 16.1. The summed E-state index contributed by atoms with van der Waals surface area (Å²) in [6.45, 7) is 6.82. The van der Waals surface area contributed by atoms with Crippen molar-refractivity contribution in [1.29, 1.82) is 0 Å². The Balaban J connectivity index is 2.15. The molecule has 1 aliphatic rings. The van der Waals surface area contributed by atoms with Crippen LogP contribution < -0.4 is 10.6 Å². The number of rotatable bonds is 5. The van der Waals surface area contributed by atoms with Gasteiger partial charge in [0.05, 0.1) is 6.54 Å². The monoisotopic (exact) mass is 226 g/mol. The number of nitrogens with one attached hydrogen (secondary N) is 2. The van der Waals surface area contributed by atoms with Crippen molar-refractivity contribution in [1.82, 2.24) is 10.6 Å². The molecule has 0 spiro atoms. The van der Waals surface area contributed by atoms with Crippen molar-refractivity contribution in [3.8, 4) is 0 Å². The number of carbonyl (C=O) groups excluding carboxylic acids is 1. The Morgan fingerprint density at radius 1 is 1.25 bits per heavy atom. The van der Waals surface area contributed by atoms with Gasteiger partial charge in [-0.1, -0.05) is 27.2 Å². The molecule has 0 aromatic carbocycles. The first kappa shape index (κ1) is 13.5. The number of carbonyl (C=O) groups is 1. The molecule has 16 heavy (non-hydrogen) atoms. The van der Waals surface area contributed by atoms with Crippen molar-refractivity contribution in [2.24, 2.45) is 5.92 Å². The molecule has 94 valence electrons. The molecule has 0 atom stereocenters. The van der Waals surface area contributed by atoms with E-state index in [0.29, 0.717) is 18.6 Å². The minimum atomic E-state index is 0.147. The first-order chi connectivity index (χ1) is 7.61. The molecular formula is C13H26N2O. The Labute approximate surface area is 99.4 Å². The smallest absolute Gasteiger partial charge is 0.234 e. The number of hydrogen-bond acceptors (Lipinski definition) is 2. The lowest BCUT2D eigenvalue weighted by Crippen LogP contribution is -2.43. The third kappa shape index (κ3) is 4.97. The molecule has 0 heterocycles. The molecule has 1 amide bonds. The third-order valence-electron chi connectivity index (χ3n) is 3.46. The number of hydrogen-bond donors (Lipinski definition) is 2. The summed E-state index contributed by atoms with van der Waals surface area (Å²) in [5, 5.41) is 6.26. The molecule has 1 fully saturated rings. The lowest BCUT2D eigenvalue weighted by Gasteiger charge is -2.28. The largest absolute Gasteiger partial charge is 0.352 e. The van der Waals surface area contributed by atoms with Gasteiger partial charge in [-0.15, -0.1) is 0 Å². The van der Waals surface area contributed by atoms with Crippen LogP contribution in [0.1, 0.15) is 52.9 Å². The zero-order valence-corrected chi connectivity index (χ0v) is 10.9. The van der Waals surface area contributed by atoms with Crippen LogP contribution in [-0.2, 0) is 4.79 Å². The zero-order valence-electron chi connectivity index (χ0n) is 10.9. The van der Waals surface area contributed by atoms with Crippen molar-refractivity contribution in [2.75, 3.05) is 6.54 Å². The maximum atomic E-state index is 11.6. The van der Waals surface area contributed by atoms with E-state index in [-0.39, 0.29) is 5.91 Å². The lowest BCUT2D eigenvalue weighted by atomic mass is 9.84. The van der Waals surface area contributed by atoms with Crippen LogP contribution in [0.2, 0.25) is 0 Å². The van der Waals surface area contributed by atoms with Crippen LogP contribution in [0.15, 0.2) is 0 Å². The summed E-state index contributed by atoms with van der Waals surface area (Å²) in [5.41, 5.74) is 0. The molecule has 1 saturated carbocycles. The van der Waals surface area contributed by atoms with Gasteiger partial charge in [-0.25, -0.2) is 0 Å². The summed E-state index contributed by atoms with van der Waals surface area (Å²) in [7, 11) is 0. The molecule has 1 aliphatic carbocycles. The summed E-state index contributed by atoms with van der Waals surface area (Å²) in [6.07, 6.45) is 6.16. The fraction of sp³-hybridized carbons (Fsp3) is 0.923. The van der Waals surface area contributed by atoms with E-state index >= 15 is 0 Å². The Morgan fingerprint density at radius 3 is 2.38 bits per heavy atom. The quantitative estimate of drug-likeness (QED) is 0.753. The molecule has 1 rings (SSSR count). The van der Waals surface area contributed by atoms with Gasteiger partial charge in [-0.3, -0.25) is 4.79 Å². The average Bonchev–Trinajstić information content (AvgIpc) is 2.27. The summed E-state index contributed by atoms with van der Waals surface area (Å²) < 4.78 is 0. The molecular weight excluding hydrogens is 200 g/mol. The summed E-state index contributed by atoms with van der Waals surface area (Å²) in [6, 6.07) is 0.797. The van der Waals surface area contributed by atoms with Crippen LogP contribution in [0.5, 0.6) is 0 Å². The molecule has 2 N–H and O–H groups in total. The predicted octanol–water partition coefficient (Wildman–Crippen LogP) is 2.07. The van der Waals surface area contributed by atoms with Gasteiger partial charge < -0.3 is 10.6 Å². The summed E-state index contributed by atoms with van der Waals surface area (Å²) in [4.78, 5) is 11.6. The Morgan fingerprint density at radius 2 is 1.88 bits per heavy atom. The van der Waals surface area contributed by atoms with Crippen LogP contribution in [0.3, 0.4) is 0 Å². The SMILES string of the molecule is CCC1CCC(NC(=O)CNC(C)C)CC1. The van der Waals surface area contributed by atoms with Gasteiger partial charge in [-0.2, -0.15) is 0 Å². The maximum Gasteiger partial charge on any atom is 0.234 e. The molecule has 3 nitrogen and oxygen atoms in total. The van der Waals surface area contributed by atoms with E-state index in [0.717, 1.165) is 18.8 Å². The molecule has 0 aliphatic heterocycles. The molecule has 0 saturated heterocycles. The standard InChI is InChI=1S/C13H26N2O/c1-4-11-5-7-12(8-6-11)15-13(16)9-14-10(2)3/h10-12,14H,4-9H2,1-3H3,(H,15,16). The van der Waals surface area contributed by atoms with Crippen molar-refractivity contribution >= 4 is 5.91 Å². The van der Waals surface area contributed by atoms with Crippen molar-refractivity contribution in [3.05, 3.63) is 0 Å². The normalized spacial score (nSPS) is 25.8. The third-order valence-corrected chi connectivity index (χ3v) is 3.46. The van der Waals surface area contributed by atoms with Crippen molar-refractivity contribution in [3.63, 3.8) is 0 Å². The van der Waals surface area contributed by atoms with E-state index < -0.39 is 0 Å². The minimum absolute atomic E-state index is 0.147. The molecule has 0 aromatic rings. The second-order valence-electron chi connectivity index (χ2n) is 5.23. The van der Waals surface area contributed by atoms with Crippen LogP contribution >= 0.6 is 0 Å². The van der Waals surface area contributed by atoms with E-state index in [2.05, 4.69) is 31.4 Å². The topological polar surface area (TPSA) is 41.1 Å². The molecule has 0 bridgehead atoms.